The number of thioether (sulfide) groups is 1. The molecule has 1 aliphatic carbocycles. The van der Waals surface area contributed by atoms with Crippen LogP contribution in [0.3, 0.4) is 0 Å². The van der Waals surface area contributed by atoms with Gasteiger partial charge >= 0.3 is 6.36 Å². The van der Waals surface area contributed by atoms with Crippen molar-refractivity contribution in [1.29, 1.82) is 0 Å². The van der Waals surface area contributed by atoms with Crippen LogP contribution in [0.15, 0.2) is 133 Å². The van der Waals surface area contributed by atoms with Crippen LogP contribution in [0, 0.1) is 0 Å². The summed E-state index contributed by atoms with van der Waals surface area (Å²) in [7, 11) is 0. The van der Waals surface area contributed by atoms with Crippen LogP contribution in [0.1, 0.15) is 69.4 Å². The molecule has 14 heteroatoms. The second-order valence-corrected chi connectivity index (χ2v) is 16.5. The van der Waals surface area contributed by atoms with Crippen LogP contribution in [0.2, 0.25) is 0 Å². The molecule has 62 heavy (non-hydrogen) atoms. The number of nitrogens with zero attached hydrogens (tertiary/aromatic N) is 4. The lowest BCUT2D eigenvalue weighted by molar-refractivity contribution is -0.274. The first-order valence-corrected chi connectivity index (χ1v) is 21.5. The van der Waals surface area contributed by atoms with Crippen molar-refractivity contribution in [1.82, 2.24) is 24.8 Å². The Hall–Kier alpha value is -6.54. The van der Waals surface area contributed by atoms with Crippen molar-refractivity contribution in [3.8, 4) is 17.2 Å². The summed E-state index contributed by atoms with van der Waals surface area (Å²) in [6.45, 7) is 1.03. The summed E-state index contributed by atoms with van der Waals surface area (Å²) in [5.41, 5.74) is 6.54. The van der Waals surface area contributed by atoms with E-state index in [2.05, 4.69) is 57.6 Å². The van der Waals surface area contributed by atoms with Gasteiger partial charge in [-0.15, -0.1) is 13.2 Å². The second-order valence-electron chi connectivity index (χ2n) is 15.5. The predicted molar refractivity (Wildman–Crippen MR) is 230 cm³/mol. The highest BCUT2D eigenvalue weighted by molar-refractivity contribution is 7.99. The fourth-order valence-electron chi connectivity index (χ4n) is 8.68. The molecule has 3 heterocycles. The summed E-state index contributed by atoms with van der Waals surface area (Å²) in [5, 5.41) is 18.8. The highest BCUT2D eigenvalue weighted by Gasteiger charge is 2.34. The number of aromatic hydroxyl groups is 1. The van der Waals surface area contributed by atoms with Gasteiger partial charge in [-0.2, -0.15) is 5.10 Å². The minimum atomic E-state index is -4.95. The van der Waals surface area contributed by atoms with Gasteiger partial charge in [0.05, 0.1) is 34.6 Å². The largest absolute Gasteiger partial charge is 0.573 e. The van der Waals surface area contributed by atoms with Crippen LogP contribution >= 0.6 is 11.8 Å². The van der Waals surface area contributed by atoms with Crippen LogP contribution in [-0.2, 0) is 17.8 Å². The number of rotatable bonds is 11. The number of aromatic nitrogens is 3. The molecule has 316 valence electrons. The maximum absolute atomic E-state index is 13.6. The molecule has 10 nitrogen and oxygen atoms in total. The normalized spacial score (nSPS) is 16.9. The third-order valence-electron chi connectivity index (χ3n) is 11.6. The number of fused-ring (bicyclic) bond motifs is 4. The minimum absolute atomic E-state index is 0.0330. The zero-order valence-corrected chi connectivity index (χ0v) is 34.2. The van der Waals surface area contributed by atoms with Crippen molar-refractivity contribution in [2.24, 2.45) is 0 Å². The molecule has 1 saturated heterocycles. The van der Waals surface area contributed by atoms with Gasteiger partial charge in [-0.1, -0.05) is 90.6 Å². The summed E-state index contributed by atoms with van der Waals surface area (Å²) in [4.78, 5) is 33.2. The molecular formula is C48H42F3N5O5S. The number of likely N-dealkylation sites (tertiary alicyclic amines) is 1. The van der Waals surface area contributed by atoms with Crippen molar-refractivity contribution < 1.29 is 37.3 Å². The van der Waals surface area contributed by atoms with Crippen LogP contribution in [-0.4, -0.2) is 67.7 Å². The van der Waals surface area contributed by atoms with E-state index < -0.39 is 18.0 Å². The predicted octanol–water partition coefficient (Wildman–Crippen LogP) is 9.44. The fraction of sp³-hybridized carbons (Fsp3) is 0.250. The van der Waals surface area contributed by atoms with Gasteiger partial charge in [0.1, 0.15) is 23.4 Å². The van der Waals surface area contributed by atoms with Gasteiger partial charge in [-0.25, -0.2) is 9.50 Å². The number of carbonyl (C=O) groups excluding carboxylic acids is 2. The number of halogens is 3. The summed E-state index contributed by atoms with van der Waals surface area (Å²) < 4.78 is 51.0. The van der Waals surface area contributed by atoms with Crippen molar-refractivity contribution in [3.63, 3.8) is 0 Å². The number of alkyl halides is 3. The number of hydrogen-bond donors (Lipinski definition) is 2. The van der Waals surface area contributed by atoms with Gasteiger partial charge in [0.15, 0.2) is 5.16 Å². The Bertz CT molecular complexity index is 2740. The molecule has 5 aromatic carbocycles. The van der Waals surface area contributed by atoms with E-state index in [0.29, 0.717) is 59.5 Å². The van der Waals surface area contributed by atoms with Crippen LogP contribution in [0.4, 0.5) is 13.2 Å². The molecule has 2 amide bonds. The number of para-hydroxylation sites is 2. The number of piperidine rings is 1. The number of carbonyl (C=O) groups is 2. The Morgan fingerprint density at radius 1 is 0.839 bits per heavy atom. The number of phenols is 1. The number of amides is 2. The number of aryl methyl sites for hydroxylation is 1. The monoisotopic (exact) mass is 857 g/mol. The zero-order chi connectivity index (χ0) is 42.8. The third-order valence-corrected chi connectivity index (χ3v) is 12.5. The van der Waals surface area contributed by atoms with Crippen LogP contribution in [0.5, 0.6) is 17.2 Å². The Labute approximate surface area is 359 Å². The molecule has 2 N–H and O–H groups in total. The number of benzene rings is 5. The van der Waals surface area contributed by atoms with Gasteiger partial charge < -0.3 is 24.8 Å². The smallest absolute Gasteiger partial charge is 0.508 e. The topological polar surface area (TPSA) is 118 Å². The van der Waals surface area contributed by atoms with Gasteiger partial charge in [-0.05, 0) is 89.5 Å². The average Bonchev–Trinajstić information content (AvgIpc) is 3.72. The van der Waals surface area contributed by atoms with E-state index in [1.54, 1.807) is 16.6 Å². The molecule has 0 spiro atoms. The molecule has 0 saturated carbocycles. The van der Waals surface area contributed by atoms with Gasteiger partial charge in [0.25, 0.3) is 5.91 Å². The first-order chi connectivity index (χ1) is 30.1. The van der Waals surface area contributed by atoms with E-state index in [-0.39, 0.29) is 35.8 Å². The van der Waals surface area contributed by atoms with E-state index >= 15 is 0 Å². The first kappa shape index (κ1) is 40.8. The fourth-order valence-corrected chi connectivity index (χ4v) is 9.54. The van der Waals surface area contributed by atoms with E-state index in [0.717, 1.165) is 30.0 Å². The number of nitrogens with one attached hydrogen (secondary N) is 1. The maximum atomic E-state index is 13.6. The maximum Gasteiger partial charge on any atom is 0.573 e. The zero-order valence-electron chi connectivity index (χ0n) is 33.4. The lowest BCUT2D eigenvalue weighted by Crippen LogP contribution is -2.42. The summed E-state index contributed by atoms with van der Waals surface area (Å²) in [6, 6.07) is 39.2. The van der Waals surface area contributed by atoms with Crippen molar-refractivity contribution in [3.05, 3.63) is 161 Å². The Morgan fingerprint density at radius 2 is 1.58 bits per heavy atom. The van der Waals surface area contributed by atoms with E-state index in [4.69, 9.17) is 9.72 Å². The molecule has 9 rings (SSSR count). The minimum Gasteiger partial charge on any atom is -0.508 e. The van der Waals surface area contributed by atoms with Crippen molar-refractivity contribution in [2.45, 2.75) is 61.7 Å². The van der Waals surface area contributed by atoms with E-state index in [1.807, 2.05) is 53.4 Å². The SMILES string of the molecule is O=C(NCc1cc2c3ccccc3nc(SCC(=O)N3CCC(Oc4ccc(C5c6ccc(O)cc6CCC5c5ccccc5)cc4)CC3)n2n1)c1ccccc1OC(F)(F)F. The summed E-state index contributed by atoms with van der Waals surface area (Å²) in [5.74, 6) is 0.280. The van der Waals surface area contributed by atoms with Crippen molar-refractivity contribution >= 4 is 40.0 Å². The molecule has 2 atom stereocenters. The number of phenolic OH excluding ortho intramolecular Hbond substituents is 1. The number of ether oxygens (including phenoxy) is 2. The average molecular weight is 858 g/mol. The lowest BCUT2D eigenvalue weighted by Gasteiger charge is -2.35. The molecule has 7 aromatic rings. The molecule has 0 radical (unpaired) electrons. The Morgan fingerprint density at radius 3 is 2.37 bits per heavy atom. The van der Waals surface area contributed by atoms with Gasteiger partial charge in [0, 0.05) is 37.2 Å². The van der Waals surface area contributed by atoms with Gasteiger partial charge in [-0.3, -0.25) is 9.59 Å². The molecule has 1 fully saturated rings. The Balaban J connectivity index is 0.824. The first-order valence-electron chi connectivity index (χ1n) is 20.5. The highest BCUT2D eigenvalue weighted by Crippen LogP contribution is 2.47. The summed E-state index contributed by atoms with van der Waals surface area (Å²) in [6.07, 6.45) is -1.72. The standard InChI is InChI=1S/C48H42F3N5O5S/c49-48(50,51)61-43-13-7-5-11-40(43)46(59)52-28-33-27-42-39-10-4-6-12-41(39)53-47(56(42)54-33)62-29-44(58)55-24-22-36(23-25-55)60-35-18-14-31(15-19-35)45-37(30-8-2-1-3-9-30)20-16-32-26-34(57)17-21-38(32)45/h1-15,17-19,21,26-27,36-37,45,57H,16,20,22-25,28-29H2,(H,52,59). The number of hydrogen-bond acceptors (Lipinski definition) is 8. The van der Waals surface area contributed by atoms with Gasteiger partial charge in [0.2, 0.25) is 5.91 Å². The molecule has 2 aromatic heterocycles. The van der Waals surface area contributed by atoms with Crippen LogP contribution in [0.25, 0.3) is 16.4 Å². The molecular weight excluding hydrogens is 816 g/mol. The van der Waals surface area contributed by atoms with E-state index in [9.17, 15) is 27.9 Å². The van der Waals surface area contributed by atoms with Crippen LogP contribution < -0.4 is 14.8 Å². The van der Waals surface area contributed by atoms with E-state index in [1.165, 1.54) is 52.2 Å². The second kappa shape index (κ2) is 17.4. The molecule has 2 unspecified atom stereocenters. The lowest BCUT2D eigenvalue weighted by atomic mass is 9.69. The summed E-state index contributed by atoms with van der Waals surface area (Å²) >= 11 is 1.26. The van der Waals surface area contributed by atoms with Crippen molar-refractivity contribution in [2.75, 3.05) is 18.8 Å². The molecule has 1 aliphatic heterocycles. The third kappa shape index (κ3) is 8.92. The highest BCUT2D eigenvalue weighted by atomic mass is 32.2. The Kier molecular flexibility index (Phi) is 11.5. The molecule has 0 bridgehead atoms. The molecule has 2 aliphatic rings. The quantitative estimate of drug-likeness (QED) is 0.0977.